The lowest BCUT2D eigenvalue weighted by molar-refractivity contribution is 0.577. The van der Waals surface area contributed by atoms with E-state index in [0.717, 1.165) is 10.9 Å². The molecule has 1 aromatic heterocycles. The molecule has 0 bridgehead atoms. The summed E-state index contributed by atoms with van der Waals surface area (Å²) >= 11 is 1.47. The third-order valence-electron chi connectivity index (χ3n) is 2.09. The van der Waals surface area contributed by atoms with Gasteiger partial charge in [-0.2, -0.15) is 0 Å². The molecule has 0 aliphatic carbocycles. The van der Waals surface area contributed by atoms with Gasteiger partial charge >= 0.3 is 0 Å². The molecule has 2 aromatic rings. The van der Waals surface area contributed by atoms with Crippen molar-refractivity contribution in [3.05, 3.63) is 57.8 Å². The van der Waals surface area contributed by atoms with Crippen LogP contribution in [0.25, 0.3) is 0 Å². The van der Waals surface area contributed by atoms with E-state index in [4.69, 9.17) is 5.73 Å². The molecule has 4 heteroatoms. The van der Waals surface area contributed by atoms with E-state index in [1.165, 1.54) is 23.5 Å². The standard InChI is InChI=1S/C11H9F2NS/c12-8-4-7(5-9(13)6-8)11(14)10-2-1-3-15-10/h1-6,11H,14H2/t11-/m1/s1. The predicted octanol–water partition coefficient (Wildman–Crippen LogP) is 3.07. The molecule has 0 saturated heterocycles. The molecule has 1 atom stereocenters. The van der Waals surface area contributed by atoms with Gasteiger partial charge in [0.25, 0.3) is 0 Å². The van der Waals surface area contributed by atoms with Gasteiger partial charge in [-0.1, -0.05) is 6.07 Å². The Balaban J connectivity index is 2.37. The van der Waals surface area contributed by atoms with Gasteiger partial charge in [0.15, 0.2) is 0 Å². The second kappa shape index (κ2) is 4.08. The van der Waals surface area contributed by atoms with Crippen LogP contribution in [0.2, 0.25) is 0 Å². The van der Waals surface area contributed by atoms with Gasteiger partial charge in [0, 0.05) is 10.9 Å². The second-order valence-corrected chi connectivity index (χ2v) is 4.18. The fourth-order valence-electron chi connectivity index (χ4n) is 1.39. The molecule has 15 heavy (non-hydrogen) atoms. The number of benzene rings is 1. The van der Waals surface area contributed by atoms with Gasteiger partial charge in [-0.25, -0.2) is 8.78 Å². The summed E-state index contributed by atoms with van der Waals surface area (Å²) < 4.78 is 25.9. The molecule has 2 rings (SSSR count). The van der Waals surface area contributed by atoms with E-state index >= 15 is 0 Å². The van der Waals surface area contributed by atoms with Crippen LogP contribution in [0.1, 0.15) is 16.5 Å². The van der Waals surface area contributed by atoms with E-state index in [-0.39, 0.29) is 0 Å². The Morgan fingerprint density at radius 3 is 2.33 bits per heavy atom. The highest BCUT2D eigenvalue weighted by atomic mass is 32.1. The van der Waals surface area contributed by atoms with Crippen LogP contribution in [0, 0.1) is 11.6 Å². The van der Waals surface area contributed by atoms with E-state index in [0.29, 0.717) is 5.56 Å². The highest BCUT2D eigenvalue weighted by molar-refractivity contribution is 7.10. The van der Waals surface area contributed by atoms with Gasteiger partial charge in [-0.3, -0.25) is 0 Å². The molecule has 0 unspecified atom stereocenters. The van der Waals surface area contributed by atoms with E-state index in [2.05, 4.69) is 0 Å². The van der Waals surface area contributed by atoms with E-state index < -0.39 is 17.7 Å². The lowest BCUT2D eigenvalue weighted by Crippen LogP contribution is -2.10. The van der Waals surface area contributed by atoms with E-state index in [1.54, 1.807) is 0 Å². The number of hydrogen-bond donors (Lipinski definition) is 1. The zero-order chi connectivity index (χ0) is 10.8. The summed E-state index contributed by atoms with van der Waals surface area (Å²) in [7, 11) is 0. The van der Waals surface area contributed by atoms with Gasteiger partial charge < -0.3 is 5.73 Å². The first kappa shape index (κ1) is 10.3. The largest absolute Gasteiger partial charge is 0.320 e. The molecule has 1 heterocycles. The molecule has 1 nitrogen and oxygen atoms in total. The zero-order valence-corrected chi connectivity index (χ0v) is 8.60. The minimum Gasteiger partial charge on any atom is -0.320 e. The molecule has 78 valence electrons. The van der Waals surface area contributed by atoms with Crippen LogP contribution in [0.3, 0.4) is 0 Å². The van der Waals surface area contributed by atoms with Crippen molar-refractivity contribution < 1.29 is 8.78 Å². The van der Waals surface area contributed by atoms with E-state index in [9.17, 15) is 8.78 Å². The first-order chi connectivity index (χ1) is 7.16. The fourth-order valence-corrected chi connectivity index (χ4v) is 2.14. The van der Waals surface area contributed by atoms with Crippen LogP contribution in [0.5, 0.6) is 0 Å². The molecule has 0 spiro atoms. The lowest BCUT2D eigenvalue weighted by atomic mass is 10.1. The summed E-state index contributed by atoms with van der Waals surface area (Å²) in [6.07, 6.45) is 0. The quantitative estimate of drug-likeness (QED) is 0.835. The molecule has 1 aromatic carbocycles. The topological polar surface area (TPSA) is 26.0 Å². The fraction of sp³-hybridized carbons (Fsp3) is 0.0909. The highest BCUT2D eigenvalue weighted by Crippen LogP contribution is 2.24. The summed E-state index contributed by atoms with van der Waals surface area (Å²) in [5.41, 5.74) is 6.33. The Morgan fingerprint density at radius 1 is 1.13 bits per heavy atom. The number of nitrogens with two attached hydrogens (primary N) is 1. The summed E-state index contributed by atoms with van der Waals surface area (Å²) in [4.78, 5) is 0.889. The number of halogens is 2. The Morgan fingerprint density at radius 2 is 1.80 bits per heavy atom. The van der Waals surface area contributed by atoms with Crippen LogP contribution in [-0.2, 0) is 0 Å². The Hall–Kier alpha value is -1.26. The summed E-state index contributed by atoms with van der Waals surface area (Å²) in [6.45, 7) is 0. The number of rotatable bonds is 2. The summed E-state index contributed by atoms with van der Waals surface area (Å²) in [5.74, 6) is -1.20. The van der Waals surface area contributed by atoms with Crippen molar-refractivity contribution >= 4 is 11.3 Å². The van der Waals surface area contributed by atoms with Crippen molar-refractivity contribution in [2.75, 3.05) is 0 Å². The van der Waals surface area contributed by atoms with Gasteiger partial charge in [-0.15, -0.1) is 11.3 Å². The smallest absolute Gasteiger partial charge is 0.126 e. The van der Waals surface area contributed by atoms with Crippen molar-refractivity contribution in [1.82, 2.24) is 0 Å². The maximum Gasteiger partial charge on any atom is 0.126 e. The number of hydrogen-bond acceptors (Lipinski definition) is 2. The highest BCUT2D eigenvalue weighted by Gasteiger charge is 2.11. The molecule has 0 saturated carbocycles. The van der Waals surface area contributed by atoms with Crippen molar-refractivity contribution in [1.29, 1.82) is 0 Å². The molecule has 0 radical (unpaired) electrons. The van der Waals surface area contributed by atoms with Gasteiger partial charge in [0.05, 0.1) is 6.04 Å². The average Bonchev–Trinajstić information content (AvgIpc) is 2.67. The summed E-state index contributed by atoms with van der Waals surface area (Å²) in [6, 6.07) is 6.59. The third-order valence-corrected chi connectivity index (χ3v) is 3.05. The molecule has 2 N–H and O–H groups in total. The first-order valence-corrected chi connectivity index (χ1v) is 5.30. The van der Waals surface area contributed by atoms with Crippen molar-refractivity contribution in [2.45, 2.75) is 6.04 Å². The SMILES string of the molecule is N[C@H](c1cc(F)cc(F)c1)c1cccs1. The molecular formula is C11H9F2NS. The van der Waals surface area contributed by atoms with Gasteiger partial charge in [-0.05, 0) is 29.1 Å². The minimum atomic E-state index is -0.600. The maximum absolute atomic E-state index is 12.9. The molecule has 0 amide bonds. The van der Waals surface area contributed by atoms with Crippen molar-refractivity contribution in [2.24, 2.45) is 5.73 Å². The predicted molar refractivity (Wildman–Crippen MR) is 56.7 cm³/mol. The normalized spacial score (nSPS) is 12.7. The minimum absolute atomic E-state index is 0.454. The van der Waals surface area contributed by atoms with Gasteiger partial charge in [0.2, 0.25) is 0 Å². The first-order valence-electron chi connectivity index (χ1n) is 4.42. The van der Waals surface area contributed by atoms with Gasteiger partial charge in [0.1, 0.15) is 11.6 Å². The zero-order valence-electron chi connectivity index (χ0n) is 7.78. The Bertz CT molecular complexity index is 433. The number of thiophene rings is 1. The average molecular weight is 225 g/mol. The molecule has 0 aliphatic heterocycles. The van der Waals surface area contributed by atoms with E-state index in [1.807, 2.05) is 17.5 Å². The summed E-state index contributed by atoms with van der Waals surface area (Å²) in [5, 5.41) is 1.88. The maximum atomic E-state index is 12.9. The monoisotopic (exact) mass is 225 g/mol. The lowest BCUT2D eigenvalue weighted by Gasteiger charge is -2.09. The molecule has 0 fully saturated rings. The Labute approximate surface area is 90.2 Å². The van der Waals surface area contributed by atoms with Crippen LogP contribution in [0.15, 0.2) is 35.7 Å². The van der Waals surface area contributed by atoms with Crippen molar-refractivity contribution in [3.8, 4) is 0 Å². The van der Waals surface area contributed by atoms with Crippen LogP contribution in [-0.4, -0.2) is 0 Å². The Kier molecular flexibility index (Phi) is 2.79. The second-order valence-electron chi connectivity index (χ2n) is 3.20. The molecular weight excluding hydrogens is 216 g/mol. The van der Waals surface area contributed by atoms with Crippen LogP contribution < -0.4 is 5.73 Å². The molecule has 0 aliphatic rings. The van der Waals surface area contributed by atoms with Crippen LogP contribution >= 0.6 is 11.3 Å². The van der Waals surface area contributed by atoms with Crippen LogP contribution in [0.4, 0.5) is 8.78 Å². The van der Waals surface area contributed by atoms with Crippen molar-refractivity contribution in [3.63, 3.8) is 0 Å². The third kappa shape index (κ3) is 2.22.